The summed E-state index contributed by atoms with van der Waals surface area (Å²) in [6.07, 6.45) is 6.56. The van der Waals surface area contributed by atoms with Crippen LogP contribution in [0.15, 0.2) is 12.1 Å². The van der Waals surface area contributed by atoms with Crippen molar-refractivity contribution in [2.24, 2.45) is 0 Å². The Balaban J connectivity index is 1.77. The van der Waals surface area contributed by atoms with E-state index in [1.54, 1.807) is 19.1 Å². The molecule has 0 radical (unpaired) electrons. The number of hydrogen-bond donors (Lipinski definition) is 2. The number of aryl methyl sites for hydroxylation is 1. The molecule has 1 aromatic heterocycles. The monoisotopic (exact) mass is 278 g/mol. The fraction of sp³-hybridized carbons (Fsp3) is 0.600. The van der Waals surface area contributed by atoms with Crippen molar-refractivity contribution >= 4 is 11.8 Å². The van der Waals surface area contributed by atoms with Crippen LogP contribution in [0, 0.1) is 6.92 Å². The summed E-state index contributed by atoms with van der Waals surface area (Å²) in [5.74, 6) is -0.341. The summed E-state index contributed by atoms with van der Waals surface area (Å²) in [7, 11) is 0. The predicted molar refractivity (Wildman–Crippen MR) is 77.2 cm³/mol. The lowest BCUT2D eigenvalue weighted by Crippen LogP contribution is -2.20. The van der Waals surface area contributed by atoms with E-state index in [1.165, 1.54) is 19.3 Å². The maximum absolute atomic E-state index is 11.0. The first-order chi connectivity index (χ1) is 9.65. The van der Waals surface area contributed by atoms with E-state index in [2.05, 4.69) is 10.3 Å². The molecule has 1 aliphatic rings. The van der Waals surface area contributed by atoms with E-state index < -0.39 is 5.97 Å². The Bertz CT molecular complexity index is 456. The summed E-state index contributed by atoms with van der Waals surface area (Å²) in [5, 5.41) is 12.1. The number of rotatable bonds is 6. The minimum Gasteiger partial charge on any atom is -0.478 e. The van der Waals surface area contributed by atoms with Gasteiger partial charge in [0.25, 0.3) is 0 Å². The molecule has 0 unspecified atom stereocenters. The van der Waals surface area contributed by atoms with Gasteiger partial charge in [-0.1, -0.05) is 19.3 Å². The molecule has 0 amide bonds. The first kappa shape index (κ1) is 14.8. The van der Waals surface area contributed by atoms with Crippen molar-refractivity contribution in [2.45, 2.75) is 45.1 Å². The summed E-state index contributed by atoms with van der Waals surface area (Å²) < 4.78 is 5.81. The fourth-order valence-electron chi connectivity index (χ4n) is 2.52. The van der Waals surface area contributed by atoms with Crippen molar-refractivity contribution in [3.8, 4) is 0 Å². The summed E-state index contributed by atoms with van der Waals surface area (Å²) in [6, 6.07) is 3.11. The van der Waals surface area contributed by atoms with Crippen molar-refractivity contribution < 1.29 is 14.6 Å². The Morgan fingerprint density at radius 3 is 2.85 bits per heavy atom. The van der Waals surface area contributed by atoms with Gasteiger partial charge in [0.1, 0.15) is 5.82 Å². The number of nitrogens with zero attached hydrogens (tertiary/aromatic N) is 1. The van der Waals surface area contributed by atoms with Gasteiger partial charge in [-0.05, 0) is 31.9 Å². The van der Waals surface area contributed by atoms with Gasteiger partial charge in [0.05, 0.1) is 18.3 Å². The lowest BCUT2D eigenvalue weighted by Gasteiger charge is -2.22. The summed E-state index contributed by atoms with van der Waals surface area (Å²) in [4.78, 5) is 15.2. The molecule has 0 atom stereocenters. The third-order valence-electron chi connectivity index (χ3n) is 3.51. The average Bonchev–Trinajstić information content (AvgIpc) is 2.44. The van der Waals surface area contributed by atoms with Crippen LogP contribution in [-0.2, 0) is 4.74 Å². The Morgan fingerprint density at radius 1 is 1.40 bits per heavy atom. The maximum atomic E-state index is 11.0. The van der Waals surface area contributed by atoms with Crippen LogP contribution in [0.1, 0.15) is 48.2 Å². The topological polar surface area (TPSA) is 71.5 Å². The van der Waals surface area contributed by atoms with Gasteiger partial charge in [-0.25, -0.2) is 9.78 Å². The Labute approximate surface area is 119 Å². The second-order valence-corrected chi connectivity index (χ2v) is 5.25. The fourth-order valence-corrected chi connectivity index (χ4v) is 2.52. The third kappa shape index (κ3) is 4.49. The normalized spacial score (nSPS) is 16.1. The third-order valence-corrected chi connectivity index (χ3v) is 3.51. The average molecular weight is 278 g/mol. The molecule has 1 aliphatic carbocycles. The van der Waals surface area contributed by atoms with Crippen molar-refractivity contribution in [3.63, 3.8) is 0 Å². The van der Waals surface area contributed by atoms with Gasteiger partial charge in [-0.15, -0.1) is 0 Å². The van der Waals surface area contributed by atoms with E-state index in [4.69, 9.17) is 9.84 Å². The number of ether oxygens (including phenoxy) is 1. The molecule has 1 aromatic rings. The Morgan fingerprint density at radius 2 is 2.15 bits per heavy atom. The first-order valence-corrected chi connectivity index (χ1v) is 7.22. The smallest absolute Gasteiger partial charge is 0.335 e. The highest BCUT2D eigenvalue weighted by Crippen LogP contribution is 2.20. The van der Waals surface area contributed by atoms with Crippen LogP contribution >= 0.6 is 0 Å². The molecule has 1 saturated carbocycles. The molecule has 1 fully saturated rings. The standard InChI is InChI=1S/C15H22N2O3/c1-11-9-12(15(18)19)10-14(17-11)16-7-8-20-13-5-3-2-4-6-13/h9-10,13H,2-8H2,1H3,(H,16,17)(H,18,19). The molecular weight excluding hydrogens is 256 g/mol. The molecule has 2 rings (SSSR count). The molecule has 0 aliphatic heterocycles. The van der Waals surface area contributed by atoms with Crippen molar-refractivity contribution in [2.75, 3.05) is 18.5 Å². The molecule has 0 spiro atoms. The van der Waals surface area contributed by atoms with Gasteiger partial charge in [-0.2, -0.15) is 0 Å². The summed E-state index contributed by atoms with van der Waals surface area (Å²) in [6.45, 7) is 3.06. The van der Waals surface area contributed by atoms with E-state index in [0.717, 1.165) is 12.8 Å². The highest BCUT2D eigenvalue weighted by atomic mass is 16.5. The number of anilines is 1. The van der Waals surface area contributed by atoms with Crippen molar-refractivity contribution in [1.82, 2.24) is 4.98 Å². The van der Waals surface area contributed by atoms with E-state index in [1.807, 2.05) is 0 Å². The highest BCUT2D eigenvalue weighted by molar-refractivity contribution is 5.88. The Kier molecular flexibility index (Phi) is 5.35. The van der Waals surface area contributed by atoms with E-state index in [-0.39, 0.29) is 5.56 Å². The number of aromatic nitrogens is 1. The highest BCUT2D eigenvalue weighted by Gasteiger charge is 2.13. The number of carbonyl (C=O) groups is 1. The van der Waals surface area contributed by atoms with E-state index >= 15 is 0 Å². The lowest BCUT2D eigenvalue weighted by molar-refractivity contribution is 0.0347. The number of hydrogen-bond acceptors (Lipinski definition) is 4. The number of nitrogens with one attached hydrogen (secondary N) is 1. The zero-order chi connectivity index (χ0) is 14.4. The van der Waals surface area contributed by atoms with Gasteiger partial charge in [-0.3, -0.25) is 0 Å². The predicted octanol–water partition coefficient (Wildman–Crippen LogP) is 2.85. The van der Waals surface area contributed by atoms with Gasteiger partial charge in [0.2, 0.25) is 0 Å². The minimum atomic E-state index is -0.933. The quantitative estimate of drug-likeness (QED) is 0.783. The molecule has 110 valence electrons. The van der Waals surface area contributed by atoms with E-state index in [0.29, 0.717) is 30.8 Å². The van der Waals surface area contributed by atoms with Crippen LogP contribution in [0.3, 0.4) is 0 Å². The molecule has 0 aromatic carbocycles. The van der Waals surface area contributed by atoms with Crippen LogP contribution in [0.4, 0.5) is 5.82 Å². The zero-order valence-electron chi connectivity index (χ0n) is 11.9. The lowest BCUT2D eigenvalue weighted by atomic mass is 9.98. The number of aromatic carboxylic acids is 1. The maximum Gasteiger partial charge on any atom is 0.335 e. The molecular formula is C15H22N2O3. The summed E-state index contributed by atoms with van der Waals surface area (Å²) >= 11 is 0. The molecule has 5 nitrogen and oxygen atoms in total. The van der Waals surface area contributed by atoms with Crippen LogP contribution < -0.4 is 5.32 Å². The largest absolute Gasteiger partial charge is 0.478 e. The zero-order valence-corrected chi connectivity index (χ0v) is 11.9. The van der Waals surface area contributed by atoms with Crippen LogP contribution in [0.2, 0.25) is 0 Å². The van der Waals surface area contributed by atoms with Crippen molar-refractivity contribution in [1.29, 1.82) is 0 Å². The summed E-state index contributed by atoms with van der Waals surface area (Å²) in [5.41, 5.74) is 0.953. The second kappa shape index (κ2) is 7.24. The number of carboxylic acid groups (broad SMARTS) is 1. The first-order valence-electron chi connectivity index (χ1n) is 7.22. The second-order valence-electron chi connectivity index (χ2n) is 5.25. The Hall–Kier alpha value is -1.62. The molecule has 20 heavy (non-hydrogen) atoms. The van der Waals surface area contributed by atoms with E-state index in [9.17, 15) is 4.79 Å². The molecule has 5 heteroatoms. The number of carboxylic acids is 1. The van der Waals surface area contributed by atoms with Crippen molar-refractivity contribution in [3.05, 3.63) is 23.4 Å². The molecule has 0 saturated heterocycles. The molecule has 1 heterocycles. The van der Waals surface area contributed by atoms with Crippen LogP contribution in [0.5, 0.6) is 0 Å². The van der Waals surface area contributed by atoms with Crippen LogP contribution in [0.25, 0.3) is 0 Å². The minimum absolute atomic E-state index is 0.258. The van der Waals surface area contributed by atoms with Crippen LogP contribution in [-0.4, -0.2) is 35.3 Å². The number of pyridine rings is 1. The molecule has 0 bridgehead atoms. The van der Waals surface area contributed by atoms with Gasteiger partial charge in [0.15, 0.2) is 0 Å². The van der Waals surface area contributed by atoms with Gasteiger partial charge in [0, 0.05) is 12.2 Å². The van der Waals surface area contributed by atoms with Gasteiger partial charge < -0.3 is 15.2 Å². The van der Waals surface area contributed by atoms with Gasteiger partial charge >= 0.3 is 5.97 Å². The molecule has 2 N–H and O–H groups in total. The SMILES string of the molecule is Cc1cc(C(=O)O)cc(NCCOC2CCCCC2)n1.